The van der Waals surface area contributed by atoms with E-state index in [2.05, 4.69) is 15.1 Å². The Morgan fingerprint density at radius 1 is 1.26 bits per heavy atom. The normalized spacial score (nSPS) is 12.0. The molecule has 1 aromatic carbocycles. The van der Waals surface area contributed by atoms with Gasteiger partial charge in [0.25, 0.3) is 0 Å². The summed E-state index contributed by atoms with van der Waals surface area (Å²) < 4.78 is 1.68. The highest BCUT2D eigenvalue weighted by molar-refractivity contribution is 6.35. The average Bonchev–Trinajstić information content (AvgIpc) is 3.18. The van der Waals surface area contributed by atoms with E-state index < -0.39 is 0 Å². The van der Waals surface area contributed by atoms with Crippen molar-refractivity contribution in [3.63, 3.8) is 0 Å². The Morgan fingerprint density at radius 2 is 1.96 bits per heavy atom. The summed E-state index contributed by atoms with van der Waals surface area (Å²) in [5.74, 6) is -0.0858. The van der Waals surface area contributed by atoms with Gasteiger partial charge in [0.15, 0.2) is 0 Å². The number of carbonyl (C=O) groups is 1. The van der Waals surface area contributed by atoms with Gasteiger partial charge < -0.3 is 4.90 Å². The second-order valence-corrected chi connectivity index (χ2v) is 7.07. The van der Waals surface area contributed by atoms with Gasteiger partial charge in [-0.15, -0.1) is 0 Å². The van der Waals surface area contributed by atoms with Gasteiger partial charge in [-0.05, 0) is 37.6 Å². The number of hydrogen-bond donors (Lipinski definition) is 0. The monoisotopic (exact) mass is 403 g/mol. The fourth-order valence-electron chi connectivity index (χ4n) is 2.74. The van der Waals surface area contributed by atoms with Crippen LogP contribution < -0.4 is 0 Å². The predicted octanol–water partition coefficient (Wildman–Crippen LogP) is 4.04. The molecule has 27 heavy (non-hydrogen) atoms. The minimum Gasteiger partial charge on any atom is -0.339 e. The Bertz CT molecular complexity index is 918. The first kappa shape index (κ1) is 19.3. The smallest absolute Gasteiger partial charge is 0.227 e. The van der Waals surface area contributed by atoms with E-state index in [4.69, 9.17) is 23.2 Å². The lowest BCUT2D eigenvalue weighted by atomic mass is 10.1. The number of pyridine rings is 1. The minimum absolute atomic E-state index is 0.0858. The SMILES string of the molecule is Cc1cc(Cl)c(CC(=O)N(C)C(C)c2ccc(-n3cncn3)cc2)c(Cl)n1. The third kappa shape index (κ3) is 4.28. The van der Waals surface area contributed by atoms with Crippen LogP contribution in [0.5, 0.6) is 0 Å². The van der Waals surface area contributed by atoms with Gasteiger partial charge in [0.1, 0.15) is 17.8 Å². The van der Waals surface area contributed by atoms with Gasteiger partial charge in [0, 0.05) is 23.3 Å². The highest BCUT2D eigenvalue weighted by Gasteiger charge is 2.20. The molecule has 2 aromatic heterocycles. The maximum absolute atomic E-state index is 12.7. The Labute approximate surface area is 167 Å². The summed E-state index contributed by atoms with van der Waals surface area (Å²) >= 11 is 12.4. The van der Waals surface area contributed by atoms with Crippen LogP contribution in [0.3, 0.4) is 0 Å². The largest absolute Gasteiger partial charge is 0.339 e. The second kappa shape index (κ2) is 8.06. The molecule has 0 saturated carbocycles. The number of hydrogen-bond acceptors (Lipinski definition) is 4. The van der Waals surface area contributed by atoms with Crippen molar-refractivity contribution in [3.05, 3.63) is 70.0 Å². The lowest BCUT2D eigenvalue weighted by Gasteiger charge is -2.26. The van der Waals surface area contributed by atoms with E-state index in [1.807, 2.05) is 31.2 Å². The highest BCUT2D eigenvalue weighted by Crippen LogP contribution is 2.26. The number of halogens is 2. The van der Waals surface area contributed by atoms with Gasteiger partial charge in [-0.2, -0.15) is 5.10 Å². The van der Waals surface area contributed by atoms with E-state index in [1.165, 1.54) is 6.33 Å². The first-order chi connectivity index (χ1) is 12.9. The number of carbonyl (C=O) groups excluding carboxylic acids is 1. The third-order valence-corrected chi connectivity index (χ3v) is 5.16. The summed E-state index contributed by atoms with van der Waals surface area (Å²) in [4.78, 5) is 22.5. The molecular weight excluding hydrogens is 385 g/mol. The first-order valence-electron chi connectivity index (χ1n) is 8.39. The van der Waals surface area contributed by atoms with Gasteiger partial charge in [-0.25, -0.2) is 14.6 Å². The summed E-state index contributed by atoms with van der Waals surface area (Å²) in [5, 5.41) is 4.83. The molecule has 8 heteroatoms. The van der Waals surface area contributed by atoms with Crippen molar-refractivity contribution < 1.29 is 4.79 Å². The molecule has 140 valence electrons. The van der Waals surface area contributed by atoms with Crippen molar-refractivity contribution in [1.82, 2.24) is 24.6 Å². The van der Waals surface area contributed by atoms with Crippen molar-refractivity contribution in [2.45, 2.75) is 26.3 Å². The van der Waals surface area contributed by atoms with Crippen molar-refractivity contribution in [3.8, 4) is 5.69 Å². The Morgan fingerprint density at radius 3 is 2.56 bits per heavy atom. The molecule has 0 bridgehead atoms. The molecule has 1 amide bonds. The number of aryl methyl sites for hydroxylation is 1. The number of likely N-dealkylation sites (N-methyl/N-ethyl adjacent to an activating group) is 1. The lowest BCUT2D eigenvalue weighted by Crippen LogP contribution is -2.31. The van der Waals surface area contributed by atoms with Crippen LogP contribution in [0.1, 0.15) is 29.8 Å². The van der Waals surface area contributed by atoms with Crippen LogP contribution >= 0.6 is 23.2 Å². The zero-order valence-corrected chi connectivity index (χ0v) is 16.7. The zero-order valence-electron chi connectivity index (χ0n) is 15.2. The lowest BCUT2D eigenvalue weighted by molar-refractivity contribution is -0.131. The predicted molar refractivity (Wildman–Crippen MR) is 105 cm³/mol. The summed E-state index contributed by atoms with van der Waals surface area (Å²) in [6.07, 6.45) is 3.22. The molecule has 6 nitrogen and oxygen atoms in total. The van der Waals surface area contributed by atoms with Crippen LogP contribution in [0, 0.1) is 6.92 Å². The molecular formula is C19H19Cl2N5O. The van der Waals surface area contributed by atoms with Gasteiger partial charge in [-0.3, -0.25) is 4.79 Å². The van der Waals surface area contributed by atoms with Crippen molar-refractivity contribution in [2.24, 2.45) is 0 Å². The van der Waals surface area contributed by atoms with Gasteiger partial charge in [0.05, 0.1) is 18.2 Å². The molecule has 0 fully saturated rings. The van der Waals surface area contributed by atoms with E-state index in [-0.39, 0.29) is 23.5 Å². The van der Waals surface area contributed by atoms with Crippen molar-refractivity contribution in [2.75, 3.05) is 7.05 Å². The second-order valence-electron chi connectivity index (χ2n) is 6.30. The van der Waals surface area contributed by atoms with E-state index in [1.54, 1.807) is 35.9 Å². The van der Waals surface area contributed by atoms with Crippen LogP contribution in [0.15, 0.2) is 43.0 Å². The first-order valence-corrected chi connectivity index (χ1v) is 9.14. The molecule has 0 aliphatic rings. The number of amides is 1. The summed E-state index contributed by atoms with van der Waals surface area (Å²) in [6.45, 7) is 3.78. The summed E-state index contributed by atoms with van der Waals surface area (Å²) in [7, 11) is 1.77. The molecule has 3 rings (SSSR count). The fraction of sp³-hybridized carbons (Fsp3) is 0.263. The van der Waals surface area contributed by atoms with Gasteiger partial charge >= 0.3 is 0 Å². The third-order valence-electron chi connectivity index (χ3n) is 4.51. The van der Waals surface area contributed by atoms with Crippen molar-refractivity contribution in [1.29, 1.82) is 0 Å². The Kier molecular flexibility index (Phi) is 5.77. The van der Waals surface area contributed by atoms with Crippen LogP contribution in [0.4, 0.5) is 0 Å². The molecule has 2 heterocycles. The maximum atomic E-state index is 12.7. The quantitative estimate of drug-likeness (QED) is 0.602. The van der Waals surface area contributed by atoms with E-state index >= 15 is 0 Å². The minimum atomic E-state index is -0.113. The van der Waals surface area contributed by atoms with E-state index in [0.717, 1.165) is 16.9 Å². The number of benzene rings is 1. The van der Waals surface area contributed by atoms with Gasteiger partial charge in [-0.1, -0.05) is 35.3 Å². The Balaban J connectivity index is 1.73. The highest BCUT2D eigenvalue weighted by atomic mass is 35.5. The zero-order chi connectivity index (χ0) is 19.6. The molecule has 0 radical (unpaired) electrons. The van der Waals surface area contributed by atoms with Crippen LogP contribution in [0.25, 0.3) is 5.69 Å². The van der Waals surface area contributed by atoms with E-state index in [0.29, 0.717) is 10.6 Å². The molecule has 1 atom stereocenters. The molecule has 0 saturated heterocycles. The Hall–Kier alpha value is -2.44. The molecule has 0 aliphatic carbocycles. The number of rotatable bonds is 5. The maximum Gasteiger partial charge on any atom is 0.227 e. The number of aromatic nitrogens is 4. The van der Waals surface area contributed by atoms with Crippen LogP contribution in [-0.2, 0) is 11.2 Å². The molecule has 0 spiro atoms. The topological polar surface area (TPSA) is 63.9 Å². The molecule has 1 unspecified atom stereocenters. The molecule has 3 aromatic rings. The summed E-state index contributed by atoms with van der Waals surface area (Å²) in [5.41, 5.74) is 3.18. The molecule has 0 N–H and O–H groups in total. The standard InChI is InChI=1S/C19H19Cl2N5O/c1-12-8-17(20)16(19(21)24-12)9-18(27)25(3)13(2)14-4-6-15(7-5-14)26-11-22-10-23-26/h4-8,10-11,13H,9H2,1-3H3. The van der Waals surface area contributed by atoms with Gasteiger partial charge in [0.2, 0.25) is 5.91 Å². The molecule has 0 aliphatic heterocycles. The summed E-state index contributed by atoms with van der Waals surface area (Å²) in [6, 6.07) is 9.42. The van der Waals surface area contributed by atoms with E-state index in [9.17, 15) is 4.79 Å². The fourth-order valence-corrected chi connectivity index (χ4v) is 3.41. The average molecular weight is 404 g/mol. The van der Waals surface area contributed by atoms with Crippen LogP contribution in [-0.4, -0.2) is 37.6 Å². The number of nitrogens with zero attached hydrogens (tertiary/aromatic N) is 5. The van der Waals surface area contributed by atoms with Crippen LogP contribution in [0.2, 0.25) is 10.2 Å². The van der Waals surface area contributed by atoms with Crippen molar-refractivity contribution >= 4 is 29.1 Å².